The van der Waals surface area contributed by atoms with E-state index in [0.29, 0.717) is 30.3 Å². The smallest absolute Gasteiger partial charge is 0.161 e. The van der Waals surface area contributed by atoms with Gasteiger partial charge in [-0.05, 0) is 30.8 Å². The number of ether oxygens (including phenoxy) is 2. The SMILES string of the molecule is CNC(c1ccc2c(c1)OCCO2)c1cccc(Cl)c1F. The highest BCUT2D eigenvalue weighted by atomic mass is 35.5. The third kappa shape index (κ3) is 2.69. The first-order chi connectivity index (χ1) is 10.2. The monoisotopic (exact) mass is 307 g/mol. The second-order valence-electron chi connectivity index (χ2n) is 4.77. The molecule has 0 amide bonds. The summed E-state index contributed by atoms with van der Waals surface area (Å²) in [4.78, 5) is 0. The number of fused-ring (bicyclic) bond motifs is 1. The number of benzene rings is 2. The normalized spacial score (nSPS) is 14.8. The summed E-state index contributed by atoms with van der Waals surface area (Å²) in [5.41, 5.74) is 1.39. The summed E-state index contributed by atoms with van der Waals surface area (Å²) in [6.07, 6.45) is 0. The van der Waals surface area contributed by atoms with Crippen LogP contribution < -0.4 is 14.8 Å². The van der Waals surface area contributed by atoms with Gasteiger partial charge in [-0.3, -0.25) is 0 Å². The lowest BCUT2D eigenvalue weighted by Gasteiger charge is -2.22. The van der Waals surface area contributed by atoms with Crippen LogP contribution in [0.25, 0.3) is 0 Å². The van der Waals surface area contributed by atoms with Gasteiger partial charge in [0.1, 0.15) is 19.0 Å². The zero-order valence-electron chi connectivity index (χ0n) is 11.5. The van der Waals surface area contributed by atoms with Crippen LogP contribution in [-0.4, -0.2) is 20.3 Å². The highest BCUT2D eigenvalue weighted by Gasteiger charge is 2.20. The van der Waals surface area contributed by atoms with E-state index in [1.807, 2.05) is 18.2 Å². The molecular formula is C16H15ClFNO2. The highest BCUT2D eigenvalue weighted by Crippen LogP contribution is 2.35. The molecule has 2 aromatic rings. The van der Waals surface area contributed by atoms with Crippen LogP contribution in [0.5, 0.6) is 11.5 Å². The number of halogens is 2. The quantitative estimate of drug-likeness (QED) is 0.940. The molecule has 2 aromatic carbocycles. The predicted octanol–water partition coefficient (Wildman–Crippen LogP) is 3.56. The molecule has 5 heteroatoms. The molecule has 1 aliphatic rings. The van der Waals surface area contributed by atoms with Crippen LogP contribution in [0.4, 0.5) is 4.39 Å². The molecule has 1 atom stereocenters. The molecule has 0 fully saturated rings. The molecule has 0 spiro atoms. The van der Waals surface area contributed by atoms with Crippen molar-refractivity contribution >= 4 is 11.6 Å². The Balaban J connectivity index is 2.02. The zero-order chi connectivity index (χ0) is 14.8. The van der Waals surface area contributed by atoms with Crippen molar-refractivity contribution in [1.82, 2.24) is 5.32 Å². The van der Waals surface area contributed by atoms with E-state index in [9.17, 15) is 4.39 Å². The lowest BCUT2D eigenvalue weighted by Crippen LogP contribution is -2.20. The average Bonchev–Trinajstić information content (AvgIpc) is 2.52. The Labute approximate surface area is 127 Å². The third-order valence-electron chi connectivity index (χ3n) is 3.48. The first-order valence-corrected chi connectivity index (χ1v) is 7.09. The molecule has 0 aliphatic carbocycles. The van der Waals surface area contributed by atoms with Crippen molar-refractivity contribution in [3.05, 3.63) is 58.4 Å². The minimum absolute atomic E-state index is 0.116. The Morgan fingerprint density at radius 3 is 2.67 bits per heavy atom. The van der Waals surface area contributed by atoms with Crippen molar-refractivity contribution in [2.45, 2.75) is 6.04 Å². The molecule has 110 valence electrons. The average molecular weight is 308 g/mol. The van der Waals surface area contributed by atoms with Crippen molar-refractivity contribution < 1.29 is 13.9 Å². The van der Waals surface area contributed by atoms with Gasteiger partial charge in [-0.15, -0.1) is 0 Å². The molecule has 0 radical (unpaired) electrons. The minimum Gasteiger partial charge on any atom is -0.486 e. The Hall–Kier alpha value is -1.78. The molecule has 0 saturated carbocycles. The van der Waals surface area contributed by atoms with Gasteiger partial charge in [-0.2, -0.15) is 0 Å². The van der Waals surface area contributed by atoms with Crippen molar-refractivity contribution in [3.8, 4) is 11.5 Å². The number of hydrogen-bond donors (Lipinski definition) is 1. The predicted molar refractivity (Wildman–Crippen MR) is 79.7 cm³/mol. The summed E-state index contributed by atoms with van der Waals surface area (Å²) in [6, 6.07) is 10.3. The lowest BCUT2D eigenvalue weighted by atomic mass is 9.98. The number of nitrogens with one attached hydrogen (secondary N) is 1. The fourth-order valence-electron chi connectivity index (χ4n) is 2.48. The van der Waals surface area contributed by atoms with Gasteiger partial charge in [0.05, 0.1) is 11.1 Å². The summed E-state index contributed by atoms with van der Waals surface area (Å²) in [6.45, 7) is 1.07. The van der Waals surface area contributed by atoms with E-state index in [2.05, 4.69) is 5.32 Å². The Bertz CT molecular complexity index is 663. The van der Waals surface area contributed by atoms with Crippen LogP contribution in [-0.2, 0) is 0 Å². The summed E-state index contributed by atoms with van der Waals surface area (Å²) >= 11 is 5.87. The van der Waals surface area contributed by atoms with Gasteiger partial charge < -0.3 is 14.8 Å². The second kappa shape index (κ2) is 5.92. The molecule has 1 unspecified atom stereocenters. The van der Waals surface area contributed by atoms with Crippen molar-refractivity contribution in [2.75, 3.05) is 20.3 Å². The van der Waals surface area contributed by atoms with Crippen molar-refractivity contribution in [1.29, 1.82) is 0 Å². The molecule has 1 N–H and O–H groups in total. The Kier molecular flexibility index (Phi) is 3.99. The van der Waals surface area contributed by atoms with Gasteiger partial charge in [-0.25, -0.2) is 4.39 Å². The molecule has 3 nitrogen and oxygen atoms in total. The Morgan fingerprint density at radius 2 is 1.90 bits per heavy atom. The largest absolute Gasteiger partial charge is 0.486 e. The van der Waals surface area contributed by atoms with E-state index < -0.39 is 5.82 Å². The van der Waals surface area contributed by atoms with E-state index in [4.69, 9.17) is 21.1 Å². The first-order valence-electron chi connectivity index (χ1n) is 6.71. The van der Waals surface area contributed by atoms with Gasteiger partial charge in [0.2, 0.25) is 0 Å². The third-order valence-corrected chi connectivity index (χ3v) is 3.77. The van der Waals surface area contributed by atoms with Crippen LogP contribution in [0, 0.1) is 5.82 Å². The van der Waals surface area contributed by atoms with E-state index >= 15 is 0 Å². The summed E-state index contributed by atoms with van der Waals surface area (Å²) < 4.78 is 25.3. The highest BCUT2D eigenvalue weighted by molar-refractivity contribution is 6.30. The van der Waals surface area contributed by atoms with Crippen molar-refractivity contribution in [3.63, 3.8) is 0 Å². The van der Waals surface area contributed by atoms with Crippen LogP contribution in [0.1, 0.15) is 17.2 Å². The van der Waals surface area contributed by atoms with Crippen LogP contribution in [0.2, 0.25) is 5.02 Å². The Morgan fingerprint density at radius 1 is 1.14 bits per heavy atom. The molecule has 21 heavy (non-hydrogen) atoms. The molecule has 0 saturated heterocycles. The summed E-state index contributed by atoms with van der Waals surface area (Å²) in [7, 11) is 1.78. The maximum Gasteiger partial charge on any atom is 0.161 e. The number of rotatable bonds is 3. The van der Waals surface area contributed by atoms with Gasteiger partial charge >= 0.3 is 0 Å². The maximum absolute atomic E-state index is 14.2. The van der Waals surface area contributed by atoms with Gasteiger partial charge in [-0.1, -0.05) is 29.8 Å². The fraction of sp³-hybridized carbons (Fsp3) is 0.250. The molecule has 3 rings (SSSR count). The first kappa shape index (κ1) is 14.2. The second-order valence-corrected chi connectivity index (χ2v) is 5.18. The summed E-state index contributed by atoms with van der Waals surface area (Å²) in [5, 5.41) is 3.23. The molecule has 0 bridgehead atoms. The standard InChI is InChI=1S/C16H15ClFNO2/c1-19-16(11-3-2-4-12(17)15(11)18)10-5-6-13-14(9-10)21-8-7-20-13/h2-6,9,16,19H,7-8H2,1H3. The molecular weight excluding hydrogens is 293 g/mol. The molecule has 1 aliphatic heterocycles. The van der Waals surface area contributed by atoms with Crippen LogP contribution in [0.15, 0.2) is 36.4 Å². The minimum atomic E-state index is -0.409. The van der Waals surface area contributed by atoms with E-state index in [1.165, 1.54) is 6.07 Å². The maximum atomic E-state index is 14.2. The topological polar surface area (TPSA) is 30.5 Å². The molecule has 0 aromatic heterocycles. The van der Waals surface area contributed by atoms with Crippen molar-refractivity contribution in [2.24, 2.45) is 0 Å². The molecule has 1 heterocycles. The van der Waals surface area contributed by atoms with Crippen LogP contribution in [0.3, 0.4) is 0 Å². The number of hydrogen-bond acceptors (Lipinski definition) is 3. The van der Waals surface area contributed by atoms with Crippen LogP contribution >= 0.6 is 11.6 Å². The van der Waals surface area contributed by atoms with Gasteiger partial charge in [0.15, 0.2) is 11.5 Å². The summed E-state index contributed by atoms with van der Waals surface area (Å²) in [5.74, 6) is 0.987. The van der Waals surface area contributed by atoms with E-state index in [0.717, 1.165) is 5.56 Å². The van der Waals surface area contributed by atoms with E-state index in [-0.39, 0.29) is 11.1 Å². The fourth-order valence-corrected chi connectivity index (χ4v) is 2.67. The van der Waals surface area contributed by atoms with E-state index in [1.54, 1.807) is 19.2 Å². The van der Waals surface area contributed by atoms with Gasteiger partial charge in [0, 0.05) is 5.56 Å². The van der Waals surface area contributed by atoms with Gasteiger partial charge in [0.25, 0.3) is 0 Å². The lowest BCUT2D eigenvalue weighted by molar-refractivity contribution is 0.171. The zero-order valence-corrected chi connectivity index (χ0v) is 12.3.